The van der Waals surface area contributed by atoms with E-state index in [9.17, 15) is 0 Å². The molecule has 4 heteroatoms. The summed E-state index contributed by atoms with van der Waals surface area (Å²) in [6.45, 7) is 4.03. The first-order valence-corrected chi connectivity index (χ1v) is 7.44. The van der Waals surface area contributed by atoms with E-state index in [0.29, 0.717) is 0 Å². The van der Waals surface area contributed by atoms with Crippen LogP contribution in [-0.2, 0) is 6.42 Å². The van der Waals surface area contributed by atoms with Crippen LogP contribution in [0.25, 0.3) is 0 Å². The second kappa shape index (κ2) is 7.46. The maximum Gasteiger partial charge on any atom is 0.124 e. The molecule has 0 heterocycles. The minimum atomic E-state index is -0.0128. The molecule has 2 aromatic rings. The molecule has 1 unspecified atom stereocenters. The SMILES string of the molecule is CC(C)Oc1ccccc1C(Cc1ccc(Cl)cc1)NN. The molecule has 0 aromatic heterocycles. The Kier molecular flexibility index (Phi) is 5.62. The van der Waals surface area contributed by atoms with E-state index in [4.69, 9.17) is 22.2 Å². The molecule has 0 aliphatic heterocycles. The number of halogens is 1. The lowest BCUT2D eigenvalue weighted by molar-refractivity contribution is 0.237. The van der Waals surface area contributed by atoms with Gasteiger partial charge in [0.2, 0.25) is 0 Å². The van der Waals surface area contributed by atoms with Crippen molar-refractivity contribution in [1.82, 2.24) is 5.43 Å². The third-order valence-electron chi connectivity index (χ3n) is 3.21. The summed E-state index contributed by atoms with van der Waals surface area (Å²) in [5.74, 6) is 6.62. The highest BCUT2D eigenvalue weighted by Gasteiger charge is 2.16. The van der Waals surface area contributed by atoms with Gasteiger partial charge in [-0.15, -0.1) is 0 Å². The van der Waals surface area contributed by atoms with E-state index >= 15 is 0 Å². The van der Waals surface area contributed by atoms with Crippen molar-refractivity contribution in [2.24, 2.45) is 5.84 Å². The molecule has 0 bridgehead atoms. The van der Waals surface area contributed by atoms with Gasteiger partial charge in [-0.05, 0) is 44.0 Å². The fraction of sp³-hybridized carbons (Fsp3) is 0.294. The zero-order valence-corrected chi connectivity index (χ0v) is 13.1. The highest BCUT2D eigenvalue weighted by molar-refractivity contribution is 6.30. The first-order valence-electron chi connectivity index (χ1n) is 7.06. The van der Waals surface area contributed by atoms with Crippen LogP contribution in [0.1, 0.15) is 31.0 Å². The number of rotatable bonds is 6. The van der Waals surface area contributed by atoms with Gasteiger partial charge in [0, 0.05) is 10.6 Å². The molecule has 0 aliphatic carbocycles. The van der Waals surface area contributed by atoms with Crippen LogP contribution in [0.3, 0.4) is 0 Å². The summed E-state index contributed by atoms with van der Waals surface area (Å²) in [6, 6.07) is 15.8. The Labute approximate surface area is 131 Å². The predicted octanol–water partition coefficient (Wildman–Crippen LogP) is 3.87. The van der Waals surface area contributed by atoms with Gasteiger partial charge in [0.1, 0.15) is 5.75 Å². The largest absolute Gasteiger partial charge is 0.491 e. The lowest BCUT2D eigenvalue weighted by Crippen LogP contribution is -2.30. The lowest BCUT2D eigenvalue weighted by atomic mass is 9.98. The van der Waals surface area contributed by atoms with E-state index in [1.807, 2.05) is 62.4 Å². The molecule has 1 atom stereocenters. The normalized spacial score (nSPS) is 12.4. The van der Waals surface area contributed by atoms with Crippen molar-refractivity contribution in [1.29, 1.82) is 0 Å². The van der Waals surface area contributed by atoms with E-state index in [-0.39, 0.29) is 12.1 Å². The molecular weight excluding hydrogens is 284 g/mol. The van der Waals surface area contributed by atoms with Crippen molar-refractivity contribution < 1.29 is 4.74 Å². The van der Waals surface area contributed by atoms with Crippen LogP contribution in [0.5, 0.6) is 5.75 Å². The van der Waals surface area contributed by atoms with Gasteiger partial charge in [-0.1, -0.05) is 41.9 Å². The molecule has 0 spiro atoms. The van der Waals surface area contributed by atoms with E-state index in [1.165, 1.54) is 5.56 Å². The van der Waals surface area contributed by atoms with Gasteiger partial charge in [-0.3, -0.25) is 11.3 Å². The third kappa shape index (κ3) is 4.46. The molecule has 0 amide bonds. The Morgan fingerprint density at radius 1 is 1.10 bits per heavy atom. The number of benzene rings is 2. The summed E-state index contributed by atoms with van der Waals surface area (Å²) in [6.07, 6.45) is 0.895. The third-order valence-corrected chi connectivity index (χ3v) is 3.46. The molecule has 112 valence electrons. The van der Waals surface area contributed by atoms with Gasteiger partial charge in [0.15, 0.2) is 0 Å². The lowest BCUT2D eigenvalue weighted by Gasteiger charge is -2.21. The monoisotopic (exact) mass is 304 g/mol. The maximum absolute atomic E-state index is 5.92. The zero-order chi connectivity index (χ0) is 15.2. The number of hydrazine groups is 1. The Hall–Kier alpha value is -1.55. The van der Waals surface area contributed by atoms with Gasteiger partial charge in [-0.2, -0.15) is 0 Å². The fourth-order valence-corrected chi connectivity index (χ4v) is 2.37. The van der Waals surface area contributed by atoms with Crippen LogP contribution in [0, 0.1) is 0 Å². The summed E-state index contributed by atoms with van der Waals surface area (Å²) in [5, 5.41) is 0.736. The van der Waals surface area contributed by atoms with Crippen LogP contribution in [0.2, 0.25) is 5.02 Å². The van der Waals surface area contributed by atoms with Crippen LogP contribution in [0.4, 0.5) is 0 Å². The molecule has 2 aromatic carbocycles. The number of hydrogen-bond donors (Lipinski definition) is 2. The van der Waals surface area contributed by atoms with E-state index in [1.54, 1.807) is 0 Å². The van der Waals surface area contributed by atoms with Gasteiger partial charge >= 0.3 is 0 Å². The Morgan fingerprint density at radius 2 is 1.76 bits per heavy atom. The van der Waals surface area contributed by atoms with Crippen LogP contribution in [-0.4, -0.2) is 6.10 Å². The number of nitrogens with one attached hydrogen (secondary N) is 1. The second-order valence-corrected chi connectivity index (χ2v) is 5.69. The summed E-state index contributed by atoms with van der Waals surface area (Å²) < 4.78 is 5.87. The van der Waals surface area contributed by atoms with Crippen molar-refractivity contribution in [2.45, 2.75) is 32.4 Å². The summed E-state index contributed by atoms with van der Waals surface area (Å²) in [7, 11) is 0. The quantitative estimate of drug-likeness (QED) is 0.629. The summed E-state index contributed by atoms with van der Waals surface area (Å²) >= 11 is 5.92. The Balaban J connectivity index is 2.22. The Bertz CT molecular complexity index is 569. The standard InChI is InChI=1S/C17H21ClN2O/c1-12(2)21-17-6-4-3-5-15(17)16(20-19)11-13-7-9-14(18)10-8-13/h3-10,12,16,20H,11,19H2,1-2H3. The molecule has 0 fully saturated rings. The minimum Gasteiger partial charge on any atom is -0.491 e. The minimum absolute atomic E-state index is 0.0128. The average molecular weight is 305 g/mol. The topological polar surface area (TPSA) is 47.3 Å². The molecule has 21 heavy (non-hydrogen) atoms. The maximum atomic E-state index is 5.92. The van der Waals surface area contributed by atoms with Crippen LogP contribution < -0.4 is 16.0 Å². The number of ether oxygens (including phenoxy) is 1. The average Bonchev–Trinajstić information content (AvgIpc) is 2.47. The molecule has 0 radical (unpaired) electrons. The number of hydrogen-bond acceptors (Lipinski definition) is 3. The first kappa shape index (κ1) is 15.8. The van der Waals surface area contributed by atoms with E-state index < -0.39 is 0 Å². The molecule has 0 saturated heterocycles. The molecule has 2 rings (SSSR count). The van der Waals surface area contributed by atoms with Gasteiger partial charge in [0.25, 0.3) is 0 Å². The second-order valence-electron chi connectivity index (χ2n) is 5.25. The van der Waals surface area contributed by atoms with Gasteiger partial charge in [-0.25, -0.2) is 0 Å². The molecular formula is C17H21ClN2O. The smallest absolute Gasteiger partial charge is 0.124 e. The molecule has 0 saturated carbocycles. The number of nitrogens with two attached hydrogens (primary N) is 1. The molecule has 3 nitrogen and oxygen atoms in total. The first-order chi connectivity index (χ1) is 10.1. The van der Waals surface area contributed by atoms with Crippen molar-refractivity contribution in [3.63, 3.8) is 0 Å². The number of para-hydroxylation sites is 1. The molecule has 0 aliphatic rings. The highest BCUT2D eigenvalue weighted by atomic mass is 35.5. The van der Waals surface area contributed by atoms with Crippen LogP contribution >= 0.6 is 11.6 Å². The fourth-order valence-electron chi connectivity index (χ4n) is 2.24. The summed E-state index contributed by atoms with van der Waals surface area (Å²) in [4.78, 5) is 0. The van der Waals surface area contributed by atoms with Gasteiger partial charge in [0.05, 0.1) is 12.1 Å². The van der Waals surface area contributed by atoms with Gasteiger partial charge < -0.3 is 4.74 Å². The molecule has 3 N–H and O–H groups in total. The van der Waals surface area contributed by atoms with Crippen molar-refractivity contribution >= 4 is 11.6 Å². The van der Waals surface area contributed by atoms with E-state index in [2.05, 4.69) is 5.43 Å². The van der Waals surface area contributed by atoms with E-state index in [0.717, 1.165) is 22.8 Å². The Morgan fingerprint density at radius 3 is 2.38 bits per heavy atom. The van der Waals surface area contributed by atoms with Crippen LogP contribution in [0.15, 0.2) is 48.5 Å². The van der Waals surface area contributed by atoms with Crippen molar-refractivity contribution in [2.75, 3.05) is 0 Å². The van der Waals surface area contributed by atoms with Crippen molar-refractivity contribution in [3.8, 4) is 5.75 Å². The summed E-state index contributed by atoms with van der Waals surface area (Å²) in [5.41, 5.74) is 5.11. The zero-order valence-electron chi connectivity index (χ0n) is 12.3. The predicted molar refractivity (Wildman–Crippen MR) is 87.4 cm³/mol. The van der Waals surface area contributed by atoms with Crippen molar-refractivity contribution in [3.05, 3.63) is 64.7 Å². The highest BCUT2D eigenvalue weighted by Crippen LogP contribution is 2.28.